The summed E-state index contributed by atoms with van der Waals surface area (Å²) in [6, 6.07) is 19.4. The van der Waals surface area contributed by atoms with Crippen LogP contribution in [0.25, 0.3) is 10.8 Å². The molecule has 0 aromatic heterocycles. The largest absolute Gasteiger partial charge is 0.488 e. The highest BCUT2D eigenvalue weighted by Crippen LogP contribution is 2.29. The molecule has 268 valence electrons. The van der Waals surface area contributed by atoms with E-state index in [0.717, 1.165) is 29.2 Å². The van der Waals surface area contributed by atoms with Gasteiger partial charge in [-0.05, 0) is 80.5 Å². The van der Waals surface area contributed by atoms with Gasteiger partial charge in [0, 0.05) is 19.9 Å². The zero-order valence-electron chi connectivity index (χ0n) is 29.6. The molecule has 1 aliphatic rings. The van der Waals surface area contributed by atoms with Gasteiger partial charge in [0.2, 0.25) is 29.5 Å². The molecule has 5 amide bonds. The first-order chi connectivity index (χ1) is 23.7. The van der Waals surface area contributed by atoms with Gasteiger partial charge in [-0.3, -0.25) is 24.0 Å². The molecule has 1 fully saturated rings. The predicted octanol–water partition coefficient (Wildman–Crippen LogP) is 3.99. The van der Waals surface area contributed by atoms with Crippen molar-refractivity contribution in [2.45, 2.75) is 109 Å². The molecule has 2 atom stereocenters. The van der Waals surface area contributed by atoms with Gasteiger partial charge in [0.25, 0.3) is 0 Å². The number of benzene rings is 3. The molecule has 0 heterocycles. The quantitative estimate of drug-likeness (QED) is 0.152. The maximum Gasteiger partial charge on any atom is 0.246 e. The third kappa shape index (κ3) is 11.0. The lowest BCUT2D eigenvalue weighted by Crippen LogP contribution is -2.65. The Morgan fingerprint density at radius 1 is 0.840 bits per heavy atom. The molecule has 1 saturated carbocycles. The number of nitrogens with two attached hydrogens (primary N) is 1. The Labute approximate surface area is 294 Å². The highest BCUT2D eigenvalue weighted by atomic mass is 16.5. The smallest absolute Gasteiger partial charge is 0.246 e. The van der Waals surface area contributed by atoms with Gasteiger partial charge < -0.3 is 31.7 Å². The number of carbonyl (C=O) groups is 5. The van der Waals surface area contributed by atoms with Crippen LogP contribution in [0.4, 0.5) is 0 Å². The lowest BCUT2D eigenvalue weighted by Gasteiger charge is -2.38. The van der Waals surface area contributed by atoms with E-state index in [9.17, 15) is 24.0 Å². The fourth-order valence-electron chi connectivity index (χ4n) is 6.46. The molecule has 0 radical (unpaired) electrons. The van der Waals surface area contributed by atoms with Gasteiger partial charge in [0.05, 0.1) is 6.42 Å². The first-order valence-electron chi connectivity index (χ1n) is 17.5. The molecule has 0 unspecified atom stereocenters. The zero-order chi connectivity index (χ0) is 36.3. The molecule has 3 aromatic carbocycles. The molecule has 11 nitrogen and oxygen atoms in total. The van der Waals surface area contributed by atoms with Crippen molar-refractivity contribution in [2.75, 3.05) is 6.54 Å². The summed E-state index contributed by atoms with van der Waals surface area (Å²) in [5.41, 5.74) is 5.75. The van der Waals surface area contributed by atoms with E-state index in [1.54, 1.807) is 0 Å². The third-order valence-corrected chi connectivity index (χ3v) is 8.81. The van der Waals surface area contributed by atoms with Crippen LogP contribution in [0.2, 0.25) is 0 Å². The number of hydrogen-bond donors (Lipinski definition) is 5. The first kappa shape index (κ1) is 37.9. The van der Waals surface area contributed by atoms with Crippen LogP contribution >= 0.6 is 0 Å². The molecule has 0 spiro atoms. The number of fused-ring (bicyclic) bond motifs is 1. The summed E-state index contributed by atoms with van der Waals surface area (Å²) in [4.78, 5) is 65.2. The maximum absolute atomic E-state index is 14.0. The van der Waals surface area contributed by atoms with Crippen molar-refractivity contribution in [1.82, 2.24) is 21.3 Å². The maximum atomic E-state index is 14.0. The minimum absolute atomic E-state index is 0.185. The number of primary amides is 1. The standard InChI is InChI=1S/C39H51N5O6/c1-26(45)42-32(24-27-17-19-30(20-18-27)50-38(2,3)4)36(48)44-39(21-8-5-9-22-39)37(49)43-33(25-34(40)46)35(47)41-23-11-15-29-14-10-13-28-12-6-7-16-31(28)29/h6-7,10,12-14,16-20,32-33H,5,8-9,11,15,21-25H2,1-4H3,(H2,40,46)(H,41,47)(H,42,45)(H,43,49)(H,44,48)/t32-,33-/m0/s1. The highest BCUT2D eigenvalue weighted by molar-refractivity contribution is 5.98. The van der Waals surface area contributed by atoms with Crippen LogP contribution in [0, 0.1) is 0 Å². The SMILES string of the molecule is CC(=O)N[C@@H](Cc1ccc(OC(C)(C)C)cc1)C(=O)NC1(C(=O)N[C@@H](CC(N)=O)C(=O)NCCCc2cccc3ccccc23)CCCCC1. The summed E-state index contributed by atoms with van der Waals surface area (Å²) in [6.45, 7) is 7.51. The number of aryl methyl sites for hydroxylation is 1. The minimum Gasteiger partial charge on any atom is -0.488 e. The highest BCUT2D eigenvalue weighted by Gasteiger charge is 2.43. The van der Waals surface area contributed by atoms with Crippen LogP contribution in [-0.2, 0) is 36.8 Å². The molecule has 3 aromatic rings. The van der Waals surface area contributed by atoms with Gasteiger partial charge in [0.15, 0.2) is 0 Å². The van der Waals surface area contributed by atoms with Gasteiger partial charge in [0.1, 0.15) is 29.0 Å². The average molecular weight is 686 g/mol. The summed E-state index contributed by atoms with van der Waals surface area (Å²) in [7, 11) is 0. The second-order valence-electron chi connectivity index (χ2n) is 14.2. The number of hydrogen-bond acceptors (Lipinski definition) is 6. The summed E-state index contributed by atoms with van der Waals surface area (Å²) in [5, 5.41) is 13.5. The van der Waals surface area contributed by atoms with E-state index in [-0.39, 0.29) is 12.0 Å². The fraction of sp³-hybridized carbons (Fsp3) is 0.462. The van der Waals surface area contributed by atoms with Crippen molar-refractivity contribution in [3.63, 3.8) is 0 Å². The topological polar surface area (TPSA) is 169 Å². The number of ether oxygens (including phenoxy) is 1. The Balaban J connectivity index is 1.42. The average Bonchev–Trinajstić information content (AvgIpc) is 3.06. The van der Waals surface area contributed by atoms with Gasteiger partial charge >= 0.3 is 0 Å². The van der Waals surface area contributed by atoms with Crippen molar-refractivity contribution in [1.29, 1.82) is 0 Å². The number of amides is 5. The van der Waals surface area contributed by atoms with Gasteiger partial charge in [-0.25, -0.2) is 0 Å². The predicted molar refractivity (Wildman–Crippen MR) is 193 cm³/mol. The van der Waals surface area contributed by atoms with E-state index in [2.05, 4.69) is 45.5 Å². The zero-order valence-corrected chi connectivity index (χ0v) is 29.6. The number of rotatable bonds is 15. The fourth-order valence-corrected chi connectivity index (χ4v) is 6.46. The molecule has 0 bridgehead atoms. The molecule has 0 aliphatic heterocycles. The van der Waals surface area contributed by atoms with Crippen LogP contribution in [0.3, 0.4) is 0 Å². The Morgan fingerprint density at radius 3 is 2.18 bits per heavy atom. The Kier molecular flexibility index (Phi) is 13.0. The lowest BCUT2D eigenvalue weighted by atomic mass is 9.80. The Hall–Kier alpha value is -4.93. The summed E-state index contributed by atoms with van der Waals surface area (Å²) >= 11 is 0. The third-order valence-electron chi connectivity index (χ3n) is 8.81. The molecular weight excluding hydrogens is 634 g/mol. The number of nitrogens with one attached hydrogen (secondary N) is 4. The molecule has 11 heteroatoms. The molecule has 1 aliphatic carbocycles. The van der Waals surface area contributed by atoms with Gasteiger partial charge in [-0.1, -0.05) is 73.9 Å². The molecular formula is C39H51N5O6. The van der Waals surface area contributed by atoms with Crippen molar-refractivity contribution < 1.29 is 28.7 Å². The van der Waals surface area contributed by atoms with Crippen molar-refractivity contribution in [3.05, 3.63) is 77.9 Å². The van der Waals surface area contributed by atoms with E-state index in [0.29, 0.717) is 44.4 Å². The second kappa shape index (κ2) is 17.1. The second-order valence-corrected chi connectivity index (χ2v) is 14.2. The van der Waals surface area contributed by atoms with E-state index in [1.165, 1.54) is 12.5 Å². The van der Waals surface area contributed by atoms with Gasteiger partial charge in [-0.2, -0.15) is 0 Å². The van der Waals surface area contributed by atoms with E-state index < -0.39 is 53.6 Å². The van der Waals surface area contributed by atoms with Crippen LogP contribution < -0.4 is 31.7 Å². The van der Waals surface area contributed by atoms with Crippen molar-refractivity contribution in [3.8, 4) is 5.75 Å². The van der Waals surface area contributed by atoms with Crippen LogP contribution in [0.15, 0.2) is 66.7 Å². The van der Waals surface area contributed by atoms with Crippen LogP contribution in [-0.4, -0.2) is 59.3 Å². The van der Waals surface area contributed by atoms with E-state index in [1.807, 2.05) is 63.2 Å². The minimum atomic E-state index is -1.33. The van der Waals surface area contributed by atoms with E-state index in [4.69, 9.17) is 10.5 Å². The van der Waals surface area contributed by atoms with Crippen molar-refractivity contribution in [2.24, 2.45) is 5.73 Å². The summed E-state index contributed by atoms with van der Waals surface area (Å²) in [5.74, 6) is -2.06. The van der Waals surface area contributed by atoms with E-state index >= 15 is 0 Å². The molecule has 0 saturated heterocycles. The molecule has 50 heavy (non-hydrogen) atoms. The Morgan fingerprint density at radius 2 is 1.52 bits per heavy atom. The molecule has 4 rings (SSSR count). The van der Waals surface area contributed by atoms with Gasteiger partial charge in [-0.15, -0.1) is 0 Å². The Bertz CT molecular complexity index is 1650. The first-order valence-corrected chi connectivity index (χ1v) is 17.5. The van der Waals surface area contributed by atoms with Crippen molar-refractivity contribution >= 4 is 40.3 Å². The monoisotopic (exact) mass is 685 g/mol. The number of carbonyl (C=O) groups excluding carboxylic acids is 5. The normalized spacial score (nSPS) is 15.3. The summed E-state index contributed by atoms with van der Waals surface area (Å²) < 4.78 is 5.89. The molecule has 6 N–H and O–H groups in total. The van der Waals surface area contributed by atoms with Crippen LogP contribution in [0.1, 0.15) is 83.8 Å². The summed E-state index contributed by atoms with van der Waals surface area (Å²) in [6.07, 6.45) is 4.08. The van der Waals surface area contributed by atoms with Crippen LogP contribution in [0.5, 0.6) is 5.75 Å². The lowest BCUT2D eigenvalue weighted by molar-refractivity contribution is -0.139.